The SMILES string of the molecule is CC(C)(CCCOc1ccc(F)c(C(F)(F)F)c1)C(=O)N1CCN(S(=O)(=O)c2ccc(S(C)(=O)=O)cc2)CC1. The molecule has 14 heteroatoms. The lowest BCUT2D eigenvalue weighted by atomic mass is 9.86. The minimum absolute atomic E-state index is 0.00761. The van der Waals surface area contributed by atoms with Gasteiger partial charge in [0, 0.05) is 37.8 Å². The molecule has 1 amide bonds. The van der Waals surface area contributed by atoms with E-state index in [0.29, 0.717) is 25.0 Å². The van der Waals surface area contributed by atoms with Gasteiger partial charge in [-0.25, -0.2) is 21.2 Å². The zero-order chi connectivity index (χ0) is 29.2. The first-order valence-electron chi connectivity index (χ1n) is 12.0. The summed E-state index contributed by atoms with van der Waals surface area (Å²) in [6, 6.07) is 7.34. The molecule has 0 atom stereocenters. The number of carbonyl (C=O) groups is 1. The van der Waals surface area contributed by atoms with Crippen LogP contribution in [0, 0.1) is 11.2 Å². The van der Waals surface area contributed by atoms with Crippen LogP contribution in [-0.2, 0) is 30.8 Å². The van der Waals surface area contributed by atoms with Crippen molar-refractivity contribution < 1.29 is 43.9 Å². The molecular formula is C25H30F4N2O6S2. The average molecular weight is 595 g/mol. The van der Waals surface area contributed by atoms with Gasteiger partial charge in [0.1, 0.15) is 11.6 Å². The van der Waals surface area contributed by atoms with Crippen LogP contribution in [0.3, 0.4) is 0 Å². The van der Waals surface area contributed by atoms with Gasteiger partial charge < -0.3 is 9.64 Å². The Hall–Kier alpha value is -2.71. The smallest absolute Gasteiger partial charge is 0.419 e. The highest BCUT2D eigenvalue weighted by atomic mass is 32.2. The van der Waals surface area contributed by atoms with Crippen molar-refractivity contribution in [2.45, 2.75) is 42.7 Å². The summed E-state index contributed by atoms with van der Waals surface area (Å²) < 4.78 is 108. The van der Waals surface area contributed by atoms with Gasteiger partial charge in [-0.1, -0.05) is 13.8 Å². The number of halogens is 4. The van der Waals surface area contributed by atoms with Gasteiger partial charge >= 0.3 is 6.18 Å². The summed E-state index contributed by atoms with van der Waals surface area (Å²) in [4.78, 5) is 14.7. The Morgan fingerprint density at radius 1 is 0.923 bits per heavy atom. The molecule has 1 fully saturated rings. The number of nitrogens with zero attached hydrogens (tertiary/aromatic N) is 2. The van der Waals surface area contributed by atoms with Crippen LogP contribution in [0.2, 0.25) is 0 Å². The van der Waals surface area contributed by atoms with Gasteiger partial charge in [0.25, 0.3) is 0 Å². The van der Waals surface area contributed by atoms with Crippen LogP contribution in [0.25, 0.3) is 0 Å². The highest BCUT2D eigenvalue weighted by molar-refractivity contribution is 7.90. The molecule has 0 unspecified atom stereocenters. The van der Waals surface area contributed by atoms with Crippen LogP contribution in [0.1, 0.15) is 32.3 Å². The Bertz CT molecular complexity index is 1400. The summed E-state index contributed by atoms with van der Waals surface area (Å²) in [5.41, 5.74) is -2.26. The molecule has 1 saturated heterocycles. The van der Waals surface area contributed by atoms with Crippen LogP contribution in [0.4, 0.5) is 17.6 Å². The number of hydrogen-bond acceptors (Lipinski definition) is 6. The van der Waals surface area contributed by atoms with E-state index < -0.39 is 42.8 Å². The van der Waals surface area contributed by atoms with Crippen LogP contribution in [-0.4, -0.2) is 71.0 Å². The minimum atomic E-state index is -4.84. The van der Waals surface area contributed by atoms with Crippen molar-refractivity contribution in [3.05, 3.63) is 53.8 Å². The maximum Gasteiger partial charge on any atom is 0.419 e. The number of sulfone groups is 1. The van der Waals surface area contributed by atoms with Gasteiger partial charge in [-0.3, -0.25) is 4.79 Å². The van der Waals surface area contributed by atoms with Crippen molar-refractivity contribution in [2.24, 2.45) is 5.41 Å². The van der Waals surface area contributed by atoms with Crippen LogP contribution in [0.15, 0.2) is 52.3 Å². The molecule has 0 radical (unpaired) electrons. The Balaban J connectivity index is 1.52. The topological polar surface area (TPSA) is 101 Å². The fraction of sp³-hybridized carbons (Fsp3) is 0.480. The number of carbonyl (C=O) groups excluding carboxylic acids is 1. The molecule has 2 aromatic carbocycles. The number of piperazine rings is 1. The number of sulfonamides is 1. The second-order valence-electron chi connectivity index (χ2n) is 9.92. The molecule has 3 rings (SSSR count). The lowest BCUT2D eigenvalue weighted by Crippen LogP contribution is -2.53. The molecule has 216 valence electrons. The summed E-state index contributed by atoms with van der Waals surface area (Å²) in [5.74, 6) is -1.71. The first-order chi connectivity index (χ1) is 17.9. The molecule has 8 nitrogen and oxygen atoms in total. The molecule has 39 heavy (non-hydrogen) atoms. The van der Waals surface area contributed by atoms with Gasteiger partial charge in [0.15, 0.2) is 9.84 Å². The van der Waals surface area contributed by atoms with E-state index >= 15 is 0 Å². The summed E-state index contributed by atoms with van der Waals surface area (Å²) in [7, 11) is -7.35. The quantitative estimate of drug-likeness (QED) is 0.322. The number of rotatable bonds is 9. The third kappa shape index (κ3) is 7.48. The summed E-state index contributed by atoms with van der Waals surface area (Å²) in [6.45, 7) is 3.91. The molecule has 0 bridgehead atoms. The second-order valence-corrected chi connectivity index (χ2v) is 13.9. The highest BCUT2D eigenvalue weighted by Gasteiger charge is 2.36. The molecule has 0 aromatic heterocycles. The molecule has 1 heterocycles. The van der Waals surface area contributed by atoms with Crippen LogP contribution < -0.4 is 4.74 Å². The van der Waals surface area contributed by atoms with E-state index in [1.165, 1.54) is 28.6 Å². The largest absolute Gasteiger partial charge is 0.494 e. The summed E-state index contributed by atoms with van der Waals surface area (Å²) in [6.07, 6.45) is -3.12. The van der Waals surface area contributed by atoms with Crippen molar-refractivity contribution in [3.8, 4) is 5.75 Å². The van der Waals surface area contributed by atoms with E-state index in [-0.39, 0.29) is 54.2 Å². The van der Waals surface area contributed by atoms with Gasteiger partial charge in [-0.15, -0.1) is 0 Å². The fourth-order valence-electron chi connectivity index (χ4n) is 4.19. The predicted molar refractivity (Wildman–Crippen MR) is 135 cm³/mol. The Morgan fingerprint density at radius 2 is 1.49 bits per heavy atom. The van der Waals surface area contributed by atoms with E-state index in [0.717, 1.165) is 12.3 Å². The predicted octanol–water partition coefficient (Wildman–Crippen LogP) is 3.97. The Morgan fingerprint density at radius 3 is 2.03 bits per heavy atom. The van der Waals surface area contributed by atoms with E-state index in [9.17, 15) is 39.2 Å². The van der Waals surface area contributed by atoms with Crippen molar-refractivity contribution in [2.75, 3.05) is 39.0 Å². The molecule has 2 aromatic rings. The zero-order valence-electron chi connectivity index (χ0n) is 21.7. The first kappa shape index (κ1) is 30.8. The molecule has 1 aliphatic heterocycles. The van der Waals surface area contributed by atoms with Gasteiger partial charge in [0.2, 0.25) is 15.9 Å². The van der Waals surface area contributed by atoms with Crippen molar-refractivity contribution in [3.63, 3.8) is 0 Å². The van der Waals surface area contributed by atoms with Gasteiger partial charge in [-0.05, 0) is 55.3 Å². The van der Waals surface area contributed by atoms with Gasteiger partial charge in [-0.2, -0.15) is 17.5 Å². The number of hydrogen-bond donors (Lipinski definition) is 0. The average Bonchev–Trinajstić information content (AvgIpc) is 2.86. The van der Waals surface area contributed by atoms with Crippen LogP contribution >= 0.6 is 0 Å². The van der Waals surface area contributed by atoms with E-state index in [1.807, 2.05) is 0 Å². The third-order valence-corrected chi connectivity index (χ3v) is 9.49. The van der Waals surface area contributed by atoms with Crippen molar-refractivity contribution in [1.82, 2.24) is 9.21 Å². The normalized spacial score (nSPS) is 15.8. The van der Waals surface area contributed by atoms with Gasteiger partial charge in [0.05, 0.1) is 22.0 Å². The monoisotopic (exact) mass is 594 g/mol. The Kier molecular flexibility index (Phi) is 9.02. The zero-order valence-corrected chi connectivity index (χ0v) is 23.3. The molecular weight excluding hydrogens is 564 g/mol. The molecule has 0 spiro atoms. The second kappa shape index (κ2) is 11.4. The van der Waals surface area contributed by atoms with Crippen molar-refractivity contribution in [1.29, 1.82) is 0 Å². The summed E-state index contributed by atoms with van der Waals surface area (Å²) in [5, 5.41) is 0. The number of alkyl halides is 3. The minimum Gasteiger partial charge on any atom is -0.494 e. The van der Waals surface area contributed by atoms with Crippen molar-refractivity contribution >= 4 is 25.8 Å². The molecule has 0 N–H and O–H groups in total. The molecule has 1 aliphatic rings. The number of ether oxygens (including phenoxy) is 1. The summed E-state index contributed by atoms with van der Waals surface area (Å²) >= 11 is 0. The highest BCUT2D eigenvalue weighted by Crippen LogP contribution is 2.34. The fourth-order valence-corrected chi connectivity index (χ4v) is 6.24. The van der Waals surface area contributed by atoms with E-state index in [1.54, 1.807) is 18.7 Å². The standard InChI is InChI=1S/C25H30F4N2O6S2/c1-24(2,11-4-16-37-18-5-10-22(26)21(17-18)25(27,28)29)23(32)30-12-14-31(15-13-30)39(35,36)20-8-6-19(7-9-20)38(3,33)34/h5-10,17H,4,11-16H2,1-3H3. The Labute approximate surface area is 225 Å². The van der Waals surface area contributed by atoms with E-state index in [4.69, 9.17) is 4.74 Å². The van der Waals surface area contributed by atoms with Crippen LogP contribution in [0.5, 0.6) is 5.75 Å². The maximum absolute atomic E-state index is 13.4. The molecule has 0 saturated carbocycles. The van der Waals surface area contributed by atoms with E-state index in [2.05, 4.69) is 0 Å². The first-order valence-corrected chi connectivity index (χ1v) is 15.4. The lowest BCUT2D eigenvalue weighted by molar-refractivity contribution is -0.142. The number of benzene rings is 2. The maximum atomic E-state index is 13.4. The number of amides is 1. The lowest BCUT2D eigenvalue weighted by Gasteiger charge is -2.38. The molecule has 0 aliphatic carbocycles. The third-order valence-electron chi connectivity index (χ3n) is 6.45.